The van der Waals surface area contributed by atoms with Crippen molar-refractivity contribution in [2.75, 3.05) is 0 Å². The normalized spacial score (nSPS) is 25.2. The summed E-state index contributed by atoms with van der Waals surface area (Å²) in [7, 11) is 0. The van der Waals surface area contributed by atoms with E-state index >= 15 is 0 Å². The largest absolute Gasteiger partial charge is 0.474 e. The molecule has 1 N–H and O–H groups in total. The molecule has 0 unspecified atom stereocenters. The smallest absolute Gasteiger partial charge is 0.215 e. The number of rotatable bonds is 3. The Kier molecular flexibility index (Phi) is 3.91. The second-order valence-corrected chi connectivity index (χ2v) is 6.55. The van der Waals surface area contributed by atoms with Crippen LogP contribution in [0.5, 0.6) is 5.88 Å². The fraction of sp³-hybridized carbons (Fsp3) is 0.368. The highest BCUT2D eigenvalue weighted by molar-refractivity contribution is 5.61. The van der Waals surface area contributed by atoms with E-state index in [0.717, 1.165) is 12.8 Å². The number of hydrogen-bond donors (Lipinski definition) is 1. The lowest BCUT2D eigenvalue weighted by molar-refractivity contribution is 0.132. The summed E-state index contributed by atoms with van der Waals surface area (Å²) in [6.45, 7) is 0. The predicted octanol–water partition coefficient (Wildman–Crippen LogP) is 3.42. The molecule has 2 aliphatic rings. The number of aromatic nitrogens is 1. The van der Waals surface area contributed by atoms with Crippen molar-refractivity contribution in [1.29, 1.82) is 5.26 Å². The number of fused-ring (bicyclic) bond motifs is 2. The molecule has 122 valence electrons. The van der Waals surface area contributed by atoms with Gasteiger partial charge in [-0.1, -0.05) is 12.1 Å². The van der Waals surface area contributed by atoms with Crippen LogP contribution in [0.1, 0.15) is 31.2 Å². The van der Waals surface area contributed by atoms with Crippen molar-refractivity contribution >= 4 is 0 Å². The monoisotopic (exact) mass is 323 g/mol. The van der Waals surface area contributed by atoms with Crippen molar-refractivity contribution in [3.8, 4) is 23.2 Å². The van der Waals surface area contributed by atoms with Gasteiger partial charge in [0.25, 0.3) is 0 Å². The zero-order valence-electron chi connectivity index (χ0n) is 13.2. The fourth-order valence-corrected chi connectivity index (χ4v) is 3.70. The third-order valence-corrected chi connectivity index (χ3v) is 4.77. The van der Waals surface area contributed by atoms with E-state index in [9.17, 15) is 9.65 Å². The first kappa shape index (κ1) is 15.1. The van der Waals surface area contributed by atoms with Gasteiger partial charge >= 0.3 is 0 Å². The van der Waals surface area contributed by atoms with E-state index in [1.165, 1.54) is 25.0 Å². The Morgan fingerprint density at radius 3 is 2.67 bits per heavy atom. The molecular weight excluding hydrogens is 305 g/mol. The van der Waals surface area contributed by atoms with Gasteiger partial charge in [0, 0.05) is 23.7 Å². The van der Waals surface area contributed by atoms with Crippen LogP contribution in [0.15, 0.2) is 36.4 Å². The molecule has 2 aromatic rings. The molecular formula is C19H18FN3O. The van der Waals surface area contributed by atoms with Gasteiger partial charge in [-0.25, -0.2) is 9.37 Å². The molecule has 24 heavy (non-hydrogen) atoms. The Hall–Kier alpha value is -2.45. The van der Waals surface area contributed by atoms with Crippen molar-refractivity contribution in [2.24, 2.45) is 0 Å². The van der Waals surface area contributed by atoms with Gasteiger partial charge in [0.2, 0.25) is 5.88 Å². The maximum absolute atomic E-state index is 13.5. The molecule has 2 saturated heterocycles. The molecule has 1 aromatic carbocycles. The van der Waals surface area contributed by atoms with Crippen LogP contribution >= 0.6 is 0 Å². The van der Waals surface area contributed by atoms with Crippen molar-refractivity contribution in [3.63, 3.8) is 0 Å². The molecule has 2 fully saturated rings. The first-order valence-electron chi connectivity index (χ1n) is 8.30. The van der Waals surface area contributed by atoms with Crippen LogP contribution in [-0.4, -0.2) is 23.2 Å². The molecule has 0 amide bonds. The quantitative estimate of drug-likeness (QED) is 0.940. The first-order chi connectivity index (χ1) is 11.7. The second-order valence-electron chi connectivity index (χ2n) is 6.55. The number of piperidine rings is 1. The third-order valence-electron chi connectivity index (χ3n) is 4.77. The van der Waals surface area contributed by atoms with Crippen molar-refractivity contribution in [2.45, 2.75) is 43.9 Å². The highest BCUT2D eigenvalue weighted by Gasteiger charge is 2.34. The highest BCUT2D eigenvalue weighted by Crippen LogP contribution is 2.30. The number of hydrogen-bond acceptors (Lipinski definition) is 4. The molecule has 2 aliphatic heterocycles. The molecule has 1 aromatic heterocycles. The summed E-state index contributed by atoms with van der Waals surface area (Å²) in [4.78, 5) is 4.50. The van der Waals surface area contributed by atoms with E-state index in [1.807, 2.05) is 0 Å². The Morgan fingerprint density at radius 1 is 1.17 bits per heavy atom. The van der Waals surface area contributed by atoms with Gasteiger partial charge < -0.3 is 10.1 Å². The highest BCUT2D eigenvalue weighted by atomic mass is 19.1. The Labute approximate surface area is 140 Å². The Balaban J connectivity index is 1.61. The van der Waals surface area contributed by atoms with Crippen LogP contribution in [0.25, 0.3) is 11.3 Å². The summed E-state index contributed by atoms with van der Waals surface area (Å²) >= 11 is 0. The number of benzene rings is 1. The predicted molar refractivity (Wildman–Crippen MR) is 87.9 cm³/mol. The molecule has 5 heteroatoms. The molecule has 0 radical (unpaired) electrons. The lowest BCUT2D eigenvalue weighted by Gasteiger charge is -2.29. The third kappa shape index (κ3) is 3.10. The number of halogens is 1. The van der Waals surface area contributed by atoms with E-state index in [1.54, 1.807) is 24.3 Å². The fourth-order valence-electron chi connectivity index (χ4n) is 3.70. The van der Waals surface area contributed by atoms with Crippen LogP contribution in [0, 0.1) is 17.1 Å². The van der Waals surface area contributed by atoms with E-state index in [-0.39, 0.29) is 11.9 Å². The first-order valence-corrected chi connectivity index (χ1v) is 8.30. The molecule has 3 heterocycles. The van der Waals surface area contributed by atoms with Gasteiger partial charge in [-0.15, -0.1) is 0 Å². The summed E-state index contributed by atoms with van der Waals surface area (Å²) in [5, 5.41) is 12.8. The molecule has 0 saturated carbocycles. The molecule has 0 spiro atoms. The summed E-state index contributed by atoms with van der Waals surface area (Å²) in [6, 6.07) is 12.7. The summed E-state index contributed by atoms with van der Waals surface area (Å²) in [6.07, 6.45) is 4.44. The van der Waals surface area contributed by atoms with Crippen LogP contribution in [0.3, 0.4) is 0 Å². The average Bonchev–Trinajstić information content (AvgIpc) is 2.93. The molecule has 3 atom stereocenters. The number of nitrogens with zero attached hydrogens (tertiary/aromatic N) is 2. The lowest BCUT2D eigenvalue weighted by Crippen LogP contribution is -2.42. The summed E-state index contributed by atoms with van der Waals surface area (Å²) < 4.78 is 19.5. The Morgan fingerprint density at radius 2 is 1.96 bits per heavy atom. The van der Waals surface area contributed by atoms with Crippen LogP contribution in [0.4, 0.5) is 4.39 Å². The van der Waals surface area contributed by atoms with E-state index < -0.39 is 0 Å². The van der Waals surface area contributed by atoms with Gasteiger partial charge in [-0.3, -0.25) is 0 Å². The maximum Gasteiger partial charge on any atom is 0.215 e. The summed E-state index contributed by atoms with van der Waals surface area (Å²) in [5.74, 6) is 0.119. The van der Waals surface area contributed by atoms with Gasteiger partial charge in [-0.2, -0.15) is 5.26 Å². The zero-order chi connectivity index (χ0) is 16.5. The minimum atomic E-state index is -0.325. The van der Waals surface area contributed by atoms with Crippen molar-refractivity contribution in [3.05, 3.63) is 47.8 Å². The minimum Gasteiger partial charge on any atom is -0.474 e. The maximum atomic E-state index is 13.5. The molecule has 4 nitrogen and oxygen atoms in total. The number of nitriles is 1. The average molecular weight is 323 g/mol. The van der Waals surface area contributed by atoms with Gasteiger partial charge in [0.05, 0.1) is 17.3 Å². The molecule has 2 bridgehead atoms. The standard InChI is InChI=1S/C19H18FN3O/c20-14-3-1-2-13(8-14)18-6-12(11-21)7-19(23-18)24-17-9-15-4-5-16(10-17)22-15/h1-3,6-8,15-17,22H,4-5,9-10H2/t15-,16+,17-. The van der Waals surface area contributed by atoms with E-state index in [0.29, 0.717) is 34.8 Å². The van der Waals surface area contributed by atoms with Crippen molar-refractivity contribution in [1.82, 2.24) is 10.3 Å². The second kappa shape index (κ2) is 6.21. The van der Waals surface area contributed by atoms with Crippen molar-refractivity contribution < 1.29 is 9.13 Å². The SMILES string of the molecule is N#Cc1cc(O[C@@H]2C[C@H]3CC[C@@H](C2)N3)nc(-c2cccc(F)c2)c1. The molecule has 4 rings (SSSR count). The van der Waals surface area contributed by atoms with Gasteiger partial charge in [-0.05, 0) is 43.9 Å². The van der Waals surface area contributed by atoms with E-state index in [4.69, 9.17) is 4.74 Å². The zero-order valence-corrected chi connectivity index (χ0v) is 13.2. The topological polar surface area (TPSA) is 57.9 Å². The summed E-state index contributed by atoms with van der Waals surface area (Å²) in [5.41, 5.74) is 1.67. The number of ether oxygens (including phenoxy) is 1. The van der Waals surface area contributed by atoms with Crippen LogP contribution < -0.4 is 10.1 Å². The minimum absolute atomic E-state index is 0.116. The van der Waals surface area contributed by atoms with Gasteiger partial charge in [0.1, 0.15) is 11.9 Å². The Bertz CT molecular complexity index is 789. The van der Waals surface area contributed by atoms with Gasteiger partial charge in [0.15, 0.2) is 0 Å². The number of pyridine rings is 1. The lowest BCUT2D eigenvalue weighted by atomic mass is 10.0. The van der Waals surface area contributed by atoms with Crippen LogP contribution in [-0.2, 0) is 0 Å². The van der Waals surface area contributed by atoms with Crippen LogP contribution in [0.2, 0.25) is 0 Å². The molecule has 0 aliphatic carbocycles. The van der Waals surface area contributed by atoms with E-state index in [2.05, 4.69) is 16.4 Å². The number of nitrogens with one attached hydrogen (secondary N) is 1.